The summed E-state index contributed by atoms with van der Waals surface area (Å²) in [4.78, 5) is 2.48. The Morgan fingerprint density at radius 1 is 1.16 bits per heavy atom. The normalized spacial score (nSPS) is 19.2. The van der Waals surface area contributed by atoms with Crippen molar-refractivity contribution in [1.82, 2.24) is 4.90 Å². The summed E-state index contributed by atoms with van der Waals surface area (Å²) in [5, 5.41) is 0. The van der Waals surface area contributed by atoms with Crippen LogP contribution < -0.4 is 5.73 Å². The highest BCUT2D eigenvalue weighted by molar-refractivity contribution is 5.40. The highest BCUT2D eigenvalue weighted by Crippen LogP contribution is 2.28. The van der Waals surface area contributed by atoms with Crippen LogP contribution in [0.5, 0.6) is 0 Å². The molecule has 0 spiro atoms. The number of nitrogens with two attached hydrogens (primary N) is 1. The van der Waals surface area contributed by atoms with Gasteiger partial charge in [-0.3, -0.25) is 4.90 Å². The fraction of sp³-hybridized carbons (Fsp3) is 0.625. The third-order valence-electron chi connectivity index (χ3n) is 3.99. The largest absolute Gasteiger partial charge is 0.380 e. The Hall–Kier alpha value is -0.900. The summed E-state index contributed by atoms with van der Waals surface area (Å²) in [5.74, 6) is 0. The Morgan fingerprint density at radius 3 is 2.47 bits per heavy atom. The second-order valence-electron chi connectivity index (χ2n) is 5.57. The number of aryl methyl sites for hydroxylation is 3. The molecular formula is C16H26N2O. The molecule has 1 atom stereocenters. The first-order chi connectivity index (χ1) is 9.13. The molecule has 0 aromatic heterocycles. The van der Waals surface area contributed by atoms with E-state index in [4.69, 9.17) is 10.5 Å². The van der Waals surface area contributed by atoms with Gasteiger partial charge >= 0.3 is 0 Å². The fourth-order valence-electron chi connectivity index (χ4n) is 3.24. The molecule has 1 aliphatic heterocycles. The van der Waals surface area contributed by atoms with Gasteiger partial charge in [-0.25, -0.2) is 0 Å². The van der Waals surface area contributed by atoms with Gasteiger partial charge in [0, 0.05) is 32.3 Å². The van der Waals surface area contributed by atoms with E-state index in [-0.39, 0.29) is 0 Å². The van der Waals surface area contributed by atoms with E-state index in [1.165, 1.54) is 22.3 Å². The lowest BCUT2D eigenvalue weighted by molar-refractivity contribution is 0.132. The van der Waals surface area contributed by atoms with Gasteiger partial charge in [0.2, 0.25) is 0 Å². The Kier molecular flexibility index (Phi) is 4.97. The SMILES string of the molecule is Cc1cc(C)c(C(CN)N2CCCOCC2)c(C)c1. The van der Waals surface area contributed by atoms with E-state index in [0.29, 0.717) is 12.6 Å². The van der Waals surface area contributed by atoms with Crippen molar-refractivity contribution in [1.29, 1.82) is 0 Å². The Morgan fingerprint density at radius 2 is 1.84 bits per heavy atom. The average Bonchev–Trinajstić information content (AvgIpc) is 2.62. The van der Waals surface area contributed by atoms with Gasteiger partial charge in [0.25, 0.3) is 0 Å². The number of hydrogen-bond acceptors (Lipinski definition) is 3. The van der Waals surface area contributed by atoms with Crippen LogP contribution in [0.25, 0.3) is 0 Å². The Labute approximate surface area is 116 Å². The van der Waals surface area contributed by atoms with Crippen molar-refractivity contribution < 1.29 is 4.74 Å². The number of hydrogen-bond donors (Lipinski definition) is 1. The first kappa shape index (κ1) is 14.5. The van der Waals surface area contributed by atoms with E-state index in [9.17, 15) is 0 Å². The van der Waals surface area contributed by atoms with Gasteiger partial charge in [-0.2, -0.15) is 0 Å². The molecule has 2 N–H and O–H groups in total. The van der Waals surface area contributed by atoms with Crippen molar-refractivity contribution in [3.05, 3.63) is 34.4 Å². The molecule has 106 valence electrons. The van der Waals surface area contributed by atoms with E-state index < -0.39 is 0 Å². The van der Waals surface area contributed by atoms with Crippen LogP contribution in [0, 0.1) is 20.8 Å². The molecule has 0 bridgehead atoms. The summed E-state index contributed by atoms with van der Waals surface area (Å²) >= 11 is 0. The maximum atomic E-state index is 6.08. The van der Waals surface area contributed by atoms with Crippen LogP contribution in [-0.4, -0.2) is 37.7 Å². The van der Waals surface area contributed by atoms with Crippen molar-refractivity contribution in [2.45, 2.75) is 33.2 Å². The number of rotatable bonds is 3. The first-order valence-electron chi connectivity index (χ1n) is 7.23. The quantitative estimate of drug-likeness (QED) is 0.908. The Balaban J connectivity index is 2.30. The standard InChI is InChI=1S/C16H26N2O/c1-12-9-13(2)16(14(3)10-12)15(11-17)18-5-4-7-19-8-6-18/h9-10,15H,4-8,11,17H2,1-3H3. The molecule has 1 saturated heterocycles. The minimum atomic E-state index is 0.322. The molecule has 0 radical (unpaired) electrons. The van der Waals surface area contributed by atoms with Gasteiger partial charge in [-0.15, -0.1) is 0 Å². The maximum absolute atomic E-state index is 6.08. The van der Waals surface area contributed by atoms with Gasteiger partial charge in [0.15, 0.2) is 0 Å². The van der Waals surface area contributed by atoms with Crippen LogP contribution in [0.1, 0.15) is 34.7 Å². The third kappa shape index (κ3) is 3.35. The van der Waals surface area contributed by atoms with Gasteiger partial charge in [-0.1, -0.05) is 17.7 Å². The molecule has 0 amide bonds. The molecule has 1 aromatic carbocycles. The lowest BCUT2D eigenvalue weighted by Crippen LogP contribution is -2.36. The number of nitrogens with zero attached hydrogens (tertiary/aromatic N) is 1. The van der Waals surface area contributed by atoms with Gasteiger partial charge in [0.1, 0.15) is 0 Å². The zero-order valence-corrected chi connectivity index (χ0v) is 12.4. The van der Waals surface area contributed by atoms with Crippen molar-refractivity contribution in [2.75, 3.05) is 32.8 Å². The topological polar surface area (TPSA) is 38.5 Å². The predicted molar refractivity (Wildman–Crippen MR) is 79.5 cm³/mol. The highest BCUT2D eigenvalue weighted by atomic mass is 16.5. The minimum Gasteiger partial charge on any atom is -0.380 e. The van der Waals surface area contributed by atoms with Crippen molar-refractivity contribution >= 4 is 0 Å². The summed E-state index contributed by atoms with van der Waals surface area (Å²) in [6, 6.07) is 4.85. The predicted octanol–water partition coefficient (Wildman–Crippen LogP) is 2.33. The molecular weight excluding hydrogens is 236 g/mol. The molecule has 1 unspecified atom stereocenters. The second-order valence-corrected chi connectivity index (χ2v) is 5.57. The van der Waals surface area contributed by atoms with Crippen LogP contribution in [0.4, 0.5) is 0 Å². The summed E-state index contributed by atoms with van der Waals surface area (Å²) in [7, 11) is 0. The molecule has 2 rings (SSSR count). The van der Waals surface area contributed by atoms with Crippen molar-refractivity contribution in [3.8, 4) is 0 Å². The van der Waals surface area contributed by atoms with Gasteiger partial charge < -0.3 is 10.5 Å². The number of ether oxygens (including phenoxy) is 1. The summed E-state index contributed by atoms with van der Waals surface area (Å²) in [5.41, 5.74) is 11.5. The third-order valence-corrected chi connectivity index (χ3v) is 3.99. The lowest BCUT2D eigenvalue weighted by atomic mass is 9.93. The molecule has 1 heterocycles. The highest BCUT2D eigenvalue weighted by Gasteiger charge is 2.23. The monoisotopic (exact) mass is 262 g/mol. The van der Waals surface area contributed by atoms with Gasteiger partial charge in [0.05, 0.1) is 6.61 Å². The molecule has 3 nitrogen and oxygen atoms in total. The van der Waals surface area contributed by atoms with Crippen LogP contribution in [0.3, 0.4) is 0 Å². The molecule has 1 fully saturated rings. The number of benzene rings is 1. The fourth-order valence-corrected chi connectivity index (χ4v) is 3.24. The van der Waals surface area contributed by atoms with Gasteiger partial charge in [-0.05, 0) is 43.9 Å². The van der Waals surface area contributed by atoms with Crippen molar-refractivity contribution in [3.63, 3.8) is 0 Å². The van der Waals surface area contributed by atoms with E-state index in [2.05, 4.69) is 37.8 Å². The van der Waals surface area contributed by atoms with E-state index in [1.54, 1.807) is 0 Å². The second kappa shape index (κ2) is 6.51. The zero-order chi connectivity index (χ0) is 13.8. The molecule has 3 heteroatoms. The molecule has 1 aliphatic rings. The summed E-state index contributed by atoms with van der Waals surface area (Å²) in [6.45, 7) is 11.0. The molecule has 19 heavy (non-hydrogen) atoms. The zero-order valence-electron chi connectivity index (χ0n) is 12.4. The molecule has 0 aliphatic carbocycles. The van der Waals surface area contributed by atoms with E-state index in [0.717, 1.165) is 32.7 Å². The summed E-state index contributed by atoms with van der Waals surface area (Å²) < 4.78 is 5.55. The van der Waals surface area contributed by atoms with Crippen LogP contribution >= 0.6 is 0 Å². The van der Waals surface area contributed by atoms with E-state index in [1.807, 2.05) is 0 Å². The average molecular weight is 262 g/mol. The summed E-state index contributed by atoms with van der Waals surface area (Å²) in [6.07, 6.45) is 1.10. The van der Waals surface area contributed by atoms with E-state index >= 15 is 0 Å². The molecule has 0 saturated carbocycles. The van der Waals surface area contributed by atoms with Crippen LogP contribution in [-0.2, 0) is 4.74 Å². The smallest absolute Gasteiger partial charge is 0.0593 e. The maximum Gasteiger partial charge on any atom is 0.0593 e. The minimum absolute atomic E-state index is 0.322. The lowest BCUT2D eigenvalue weighted by Gasteiger charge is -2.32. The van der Waals surface area contributed by atoms with Crippen LogP contribution in [0.2, 0.25) is 0 Å². The Bertz CT molecular complexity index is 400. The molecule has 1 aromatic rings. The van der Waals surface area contributed by atoms with Crippen molar-refractivity contribution in [2.24, 2.45) is 5.73 Å². The van der Waals surface area contributed by atoms with Crippen LogP contribution in [0.15, 0.2) is 12.1 Å². The first-order valence-corrected chi connectivity index (χ1v) is 7.23.